The summed E-state index contributed by atoms with van der Waals surface area (Å²) in [5.74, 6) is 0. The van der Waals surface area contributed by atoms with Gasteiger partial charge in [0.1, 0.15) is 6.10 Å². The van der Waals surface area contributed by atoms with Crippen LogP contribution >= 0.6 is 0 Å². The molecule has 1 fully saturated rings. The summed E-state index contributed by atoms with van der Waals surface area (Å²) < 4.78 is 64.9. The second-order valence-electron chi connectivity index (χ2n) is 6.34. The number of halogens is 3. The normalized spacial score (nSPS) is 17.8. The van der Waals surface area contributed by atoms with Crippen molar-refractivity contribution >= 4 is 21.7 Å². The van der Waals surface area contributed by atoms with E-state index in [4.69, 9.17) is 4.84 Å². The van der Waals surface area contributed by atoms with E-state index >= 15 is 0 Å². The average molecular weight is 429 g/mol. The molecule has 11 heteroatoms. The van der Waals surface area contributed by atoms with Crippen LogP contribution in [0.2, 0.25) is 0 Å². The van der Waals surface area contributed by atoms with Gasteiger partial charge in [-0.15, -0.1) is 0 Å². The lowest BCUT2D eigenvalue weighted by molar-refractivity contribution is -0.137. The number of carbonyl (C=O) groups is 1. The van der Waals surface area contributed by atoms with Gasteiger partial charge in [0.25, 0.3) is 0 Å². The lowest BCUT2D eigenvalue weighted by Crippen LogP contribution is -2.35. The molecule has 2 aromatic rings. The number of benzene rings is 2. The zero-order chi connectivity index (χ0) is 21.1. The number of anilines is 1. The van der Waals surface area contributed by atoms with Crippen LogP contribution in [0.15, 0.2) is 59.5 Å². The minimum atomic E-state index is -4.64. The number of hydrogen-bond acceptors (Lipinski definition) is 4. The highest BCUT2D eigenvalue weighted by Gasteiger charge is 2.36. The van der Waals surface area contributed by atoms with Crippen LogP contribution in [0.5, 0.6) is 0 Å². The first-order chi connectivity index (χ1) is 13.7. The van der Waals surface area contributed by atoms with Crippen LogP contribution in [-0.2, 0) is 21.0 Å². The Morgan fingerprint density at radius 2 is 1.83 bits per heavy atom. The Bertz CT molecular complexity index is 968. The second kappa shape index (κ2) is 8.39. The molecule has 2 aromatic carbocycles. The minimum Gasteiger partial charge on any atom is -0.306 e. The Morgan fingerprint density at radius 1 is 1.10 bits per heavy atom. The maximum Gasteiger partial charge on any atom is 0.416 e. The summed E-state index contributed by atoms with van der Waals surface area (Å²) >= 11 is 0. The van der Waals surface area contributed by atoms with Gasteiger partial charge < -0.3 is 5.32 Å². The molecule has 2 amide bonds. The minimum absolute atomic E-state index is 0.0607. The van der Waals surface area contributed by atoms with Crippen molar-refractivity contribution in [1.82, 2.24) is 9.79 Å². The molecule has 1 heterocycles. The van der Waals surface area contributed by atoms with Crippen molar-refractivity contribution in [3.05, 3.63) is 60.2 Å². The van der Waals surface area contributed by atoms with Crippen LogP contribution in [0.3, 0.4) is 0 Å². The zero-order valence-electron chi connectivity index (χ0n) is 15.0. The Kier molecular flexibility index (Phi) is 6.10. The van der Waals surface area contributed by atoms with Crippen LogP contribution in [0.1, 0.15) is 12.0 Å². The fourth-order valence-corrected chi connectivity index (χ4v) is 4.34. The van der Waals surface area contributed by atoms with Crippen molar-refractivity contribution in [2.75, 3.05) is 18.4 Å². The second-order valence-corrected chi connectivity index (χ2v) is 8.28. The molecule has 2 N–H and O–H groups in total. The molecule has 0 bridgehead atoms. The molecule has 29 heavy (non-hydrogen) atoms. The van der Waals surface area contributed by atoms with Crippen molar-refractivity contribution in [3.63, 3.8) is 0 Å². The highest BCUT2D eigenvalue weighted by atomic mass is 32.2. The van der Waals surface area contributed by atoms with Crippen LogP contribution in [0.25, 0.3) is 0 Å². The largest absolute Gasteiger partial charge is 0.416 e. The van der Waals surface area contributed by atoms with Crippen molar-refractivity contribution in [2.24, 2.45) is 0 Å². The molecule has 0 aliphatic carbocycles. The van der Waals surface area contributed by atoms with Crippen LogP contribution in [0.4, 0.5) is 23.7 Å². The molecule has 7 nitrogen and oxygen atoms in total. The third-order valence-electron chi connectivity index (χ3n) is 4.26. The summed E-state index contributed by atoms with van der Waals surface area (Å²) in [5, 5.41) is 2.54. The summed E-state index contributed by atoms with van der Waals surface area (Å²) in [6.45, 7) is -0.0323. The highest BCUT2D eigenvalue weighted by Crippen LogP contribution is 2.31. The fourth-order valence-electron chi connectivity index (χ4n) is 2.81. The highest BCUT2D eigenvalue weighted by molar-refractivity contribution is 7.89. The van der Waals surface area contributed by atoms with Crippen molar-refractivity contribution < 1.29 is 31.2 Å². The smallest absolute Gasteiger partial charge is 0.306 e. The Hall–Kier alpha value is -2.63. The molecule has 0 spiro atoms. The molecule has 1 aliphatic rings. The number of rotatable bonds is 5. The third-order valence-corrected chi connectivity index (χ3v) is 6.12. The molecule has 0 aromatic heterocycles. The molecule has 0 saturated carbocycles. The van der Waals surface area contributed by atoms with Crippen molar-refractivity contribution in [3.8, 4) is 0 Å². The summed E-state index contributed by atoms with van der Waals surface area (Å²) in [4.78, 5) is 16.6. The fraction of sp³-hybridized carbons (Fsp3) is 0.278. The van der Waals surface area contributed by atoms with E-state index < -0.39 is 38.8 Å². The Morgan fingerprint density at radius 3 is 2.52 bits per heavy atom. The number of para-hydroxylation sites is 1. The van der Waals surface area contributed by atoms with Crippen LogP contribution < -0.4 is 10.8 Å². The summed E-state index contributed by atoms with van der Waals surface area (Å²) in [5.41, 5.74) is 1.71. The van der Waals surface area contributed by atoms with Gasteiger partial charge in [-0.2, -0.15) is 17.5 Å². The van der Waals surface area contributed by atoms with Crippen LogP contribution in [0, 0.1) is 0 Å². The molecule has 1 saturated heterocycles. The number of hydroxylamine groups is 1. The van der Waals surface area contributed by atoms with Crippen LogP contribution in [-0.4, -0.2) is 37.9 Å². The van der Waals surface area contributed by atoms with E-state index in [2.05, 4.69) is 10.8 Å². The van der Waals surface area contributed by atoms with Gasteiger partial charge in [0.15, 0.2) is 0 Å². The number of urea groups is 1. The Balaban J connectivity index is 1.58. The molecule has 0 unspecified atom stereocenters. The molecular weight excluding hydrogens is 411 g/mol. The van der Waals surface area contributed by atoms with Gasteiger partial charge in [0, 0.05) is 18.8 Å². The van der Waals surface area contributed by atoms with E-state index in [1.54, 1.807) is 30.3 Å². The monoisotopic (exact) mass is 429 g/mol. The SMILES string of the molecule is O=C(NO[C@H]1CCN(S(=O)(=O)c2cccc(C(F)(F)F)c2)C1)Nc1ccccc1. The quantitative estimate of drug-likeness (QED) is 0.715. The molecule has 1 atom stereocenters. The number of nitrogens with zero attached hydrogens (tertiary/aromatic N) is 1. The zero-order valence-corrected chi connectivity index (χ0v) is 15.8. The summed E-state index contributed by atoms with van der Waals surface area (Å²) in [6.07, 6.45) is -4.99. The molecule has 1 aliphatic heterocycles. The standard InChI is InChI=1S/C18H18F3N3O4S/c19-18(20,21)13-5-4-8-16(11-13)29(26,27)24-10-9-15(12-24)28-23-17(25)22-14-6-2-1-3-7-14/h1-8,11,15H,9-10,12H2,(H2,22,23,25)/t15-/m0/s1. The van der Waals surface area contributed by atoms with Crippen molar-refractivity contribution in [2.45, 2.75) is 23.6 Å². The average Bonchev–Trinajstić information content (AvgIpc) is 3.17. The predicted molar refractivity (Wildman–Crippen MR) is 98.3 cm³/mol. The van der Waals surface area contributed by atoms with Gasteiger partial charge in [-0.3, -0.25) is 4.84 Å². The number of alkyl halides is 3. The predicted octanol–water partition coefficient (Wildman–Crippen LogP) is 3.22. The molecule has 156 valence electrons. The molecular formula is C18H18F3N3O4S. The Labute approximate surface area is 165 Å². The maximum absolute atomic E-state index is 12.9. The van der Waals surface area contributed by atoms with Gasteiger partial charge in [0.05, 0.1) is 10.5 Å². The number of hydrogen-bond donors (Lipinski definition) is 2. The van der Waals surface area contributed by atoms with Crippen molar-refractivity contribution in [1.29, 1.82) is 0 Å². The van der Waals surface area contributed by atoms with Gasteiger partial charge in [-0.1, -0.05) is 24.3 Å². The number of carbonyl (C=O) groups excluding carboxylic acids is 1. The lowest BCUT2D eigenvalue weighted by atomic mass is 10.2. The molecule has 0 radical (unpaired) electrons. The third kappa shape index (κ3) is 5.25. The van der Waals surface area contributed by atoms with Gasteiger partial charge >= 0.3 is 12.2 Å². The number of nitrogens with one attached hydrogen (secondary N) is 2. The molecule has 3 rings (SSSR count). The van der Waals surface area contributed by atoms with Gasteiger partial charge in [-0.05, 0) is 36.8 Å². The number of sulfonamides is 1. The van der Waals surface area contributed by atoms with E-state index in [-0.39, 0.29) is 19.5 Å². The number of amides is 2. The summed E-state index contributed by atoms with van der Waals surface area (Å²) in [7, 11) is -4.12. The van der Waals surface area contributed by atoms with Gasteiger partial charge in [0.2, 0.25) is 10.0 Å². The lowest BCUT2D eigenvalue weighted by Gasteiger charge is -2.18. The first-order valence-electron chi connectivity index (χ1n) is 8.61. The summed E-state index contributed by atoms with van der Waals surface area (Å²) in [6, 6.07) is 11.6. The first kappa shape index (κ1) is 21.1. The van der Waals surface area contributed by atoms with E-state index in [0.717, 1.165) is 22.5 Å². The van der Waals surface area contributed by atoms with Gasteiger partial charge in [-0.25, -0.2) is 18.7 Å². The maximum atomic E-state index is 12.9. The van der Waals surface area contributed by atoms with E-state index in [9.17, 15) is 26.4 Å². The topological polar surface area (TPSA) is 87.7 Å². The van der Waals surface area contributed by atoms with E-state index in [0.29, 0.717) is 11.8 Å². The first-order valence-corrected chi connectivity index (χ1v) is 10.1. The van der Waals surface area contributed by atoms with E-state index in [1.807, 2.05) is 0 Å². The van der Waals surface area contributed by atoms with E-state index in [1.165, 1.54) is 0 Å².